The molecule has 94 valence electrons. The summed E-state index contributed by atoms with van der Waals surface area (Å²) in [6, 6.07) is 9.08. The van der Waals surface area contributed by atoms with Gasteiger partial charge in [0.15, 0.2) is 0 Å². The quantitative estimate of drug-likeness (QED) is 0.815. The van der Waals surface area contributed by atoms with Crippen molar-refractivity contribution in [1.29, 1.82) is 0 Å². The van der Waals surface area contributed by atoms with E-state index >= 15 is 0 Å². The van der Waals surface area contributed by atoms with Crippen molar-refractivity contribution in [3.8, 4) is 0 Å². The molecule has 1 atom stereocenters. The van der Waals surface area contributed by atoms with Gasteiger partial charge in [-0.05, 0) is 56.3 Å². The smallest absolute Gasteiger partial charge is 0.0314 e. The third kappa shape index (κ3) is 3.93. The summed E-state index contributed by atoms with van der Waals surface area (Å²) in [5, 5.41) is 0. The molecule has 1 aromatic carbocycles. The largest absolute Gasteiger partial charge is 0.399 e. The predicted molar refractivity (Wildman–Crippen MR) is 77.5 cm³/mol. The van der Waals surface area contributed by atoms with Crippen LogP contribution < -0.4 is 5.73 Å². The second-order valence-corrected chi connectivity index (χ2v) is 5.99. The first-order valence-corrected chi connectivity index (χ1v) is 7.53. The maximum atomic E-state index is 5.68. The Morgan fingerprint density at radius 3 is 2.76 bits per heavy atom. The average Bonchev–Trinajstić information content (AvgIpc) is 2.85. The lowest BCUT2D eigenvalue weighted by molar-refractivity contribution is 0.259. The number of anilines is 1. The fraction of sp³-hybridized carbons (Fsp3) is 0.571. The van der Waals surface area contributed by atoms with E-state index in [-0.39, 0.29) is 0 Å². The molecule has 0 radical (unpaired) electrons. The fourth-order valence-electron chi connectivity index (χ4n) is 2.27. The highest BCUT2D eigenvalue weighted by Gasteiger charge is 2.19. The highest BCUT2D eigenvalue weighted by molar-refractivity contribution is 7.99. The van der Waals surface area contributed by atoms with E-state index in [2.05, 4.69) is 35.8 Å². The molecule has 2 nitrogen and oxygen atoms in total. The van der Waals surface area contributed by atoms with Gasteiger partial charge in [0.1, 0.15) is 0 Å². The zero-order chi connectivity index (χ0) is 12.1. The molecule has 0 amide bonds. The van der Waals surface area contributed by atoms with Gasteiger partial charge in [-0.1, -0.05) is 12.1 Å². The zero-order valence-corrected chi connectivity index (χ0v) is 11.4. The standard InChI is InChI=1S/C14H22N2S/c1-16(14-8-10-17-11-14)9-2-3-12-4-6-13(15)7-5-12/h4-7,14H,2-3,8-11,15H2,1H3. The number of hydrogen-bond acceptors (Lipinski definition) is 3. The minimum atomic E-state index is 0.811. The van der Waals surface area contributed by atoms with E-state index < -0.39 is 0 Å². The molecule has 1 fully saturated rings. The van der Waals surface area contributed by atoms with Crippen LogP contribution in [0.15, 0.2) is 24.3 Å². The number of nitrogens with zero attached hydrogens (tertiary/aromatic N) is 1. The Morgan fingerprint density at radius 2 is 2.12 bits per heavy atom. The minimum Gasteiger partial charge on any atom is -0.399 e. The number of benzene rings is 1. The third-order valence-electron chi connectivity index (χ3n) is 3.48. The van der Waals surface area contributed by atoms with Gasteiger partial charge in [0.05, 0.1) is 0 Å². The van der Waals surface area contributed by atoms with Gasteiger partial charge in [-0.2, -0.15) is 11.8 Å². The Kier molecular flexibility index (Phi) is 4.75. The lowest BCUT2D eigenvalue weighted by Crippen LogP contribution is -2.32. The molecule has 1 unspecified atom stereocenters. The average molecular weight is 250 g/mol. The number of aryl methyl sites for hydroxylation is 1. The summed E-state index contributed by atoms with van der Waals surface area (Å²) >= 11 is 2.09. The first kappa shape index (κ1) is 12.8. The van der Waals surface area contributed by atoms with Crippen LogP contribution in [0.3, 0.4) is 0 Å². The second-order valence-electron chi connectivity index (χ2n) is 4.84. The van der Waals surface area contributed by atoms with Crippen molar-refractivity contribution in [2.75, 3.05) is 30.8 Å². The Bertz CT molecular complexity index is 331. The van der Waals surface area contributed by atoms with Crippen LogP contribution in [-0.4, -0.2) is 36.0 Å². The normalized spacial score (nSPS) is 20.0. The summed E-state index contributed by atoms with van der Waals surface area (Å²) in [6.07, 6.45) is 3.76. The van der Waals surface area contributed by atoms with E-state index in [0.29, 0.717) is 0 Å². The minimum absolute atomic E-state index is 0.811. The number of thioether (sulfide) groups is 1. The van der Waals surface area contributed by atoms with Crippen LogP contribution in [0, 0.1) is 0 Å². The Balaban J connectivity index is 1.70. The lowest BCUT2D eigenvalue weighted by atomic mass is 10.1. The number of nitrogen functional groups attached to an aromatic ring is 1. The zero-order valence-electron chi connectivity index (χ0n) is 10.6. The number of rotatable bonds is 5. The number of nitrogens with two attached hydrogens (primary N) is 1. The monoisotopic (exact) mass is 250 g/mol. The Morgan fingerprint density at radius 1 is 1.35 bits per heavy atom. The Labute approximate surface area is 109 Å². The van der Waals surface area contributed by atoms with Gasteiger partial charge >= 0.3 is 0 Å². The van der Waals surface area contributed by atoms with Gasteiger partial charge in [-0.15, -0.1) is 0 Å². The van der Waals surface area contributed by atoms with Crippen molar-refractivity contribution in [3.05, 3.63) is 29.8 Å². The second kappa shape index (κ2) is 6.31. The molecule has 17 heavy (non-hydrogen) atoms. The molecule has 3 heteroatoms. The van der Waals surface area contributed by atoms with Gasteiger partial charge in [-0.3, -0.25) is 0 Å². The maximum absolute atomic E-state index is 5.68. The summed E-state index contributed by atoms with van der Waals surface area (Å²) < 4.78 is 0. The van der Waals surface area contributed by atoms with E-state index in [9.17, 15) is 0 Å². The molecule has 1 aliphatic rings. The van der Waals surface area contributed by atoms with Crippen LogP contribution in [0.2, 0.25) is 0 Å². The molecular formula is C14H22N2S. The summed E-state index contributed by atoms with van der Waals surface area (Å²) in [5.74, 6) is 2.66. The first-order chi connectivity index (χ1) is 8.25. The van der Waals surface area contributed by atoms with Crippen molar-refractivity contribution < 1.29 is 0 Å². The highest BCUT2D eigenvalue weighted by atomic mass is 32.2. The fourth-order valence-corrected chi connectivity index (χ4v) is 3.57. The van der Waals surface area contributed by atoms with Crippen LogP contribution in [0.4, 0.5) is 5.69 Å². The molecule has 0 aromatic heterocycles. The van der Waals surface area contributed by atoms with E-state index in [1.54, 1.807) is 0 Å². The van der Waals surface area contributed by atoms with Crippen LogP contribution in [-0.2, 0) is 6.42 Å². The maximum Gasteiger partial charge on any atom is 0.0314 e. The third-order valence-corrected chi connectivity index (χ3v) is 4.63. The molecular weight excluding hydrogens is 228 g/mol. The molecule has 2 rings (SSSR count). The van der Waals surface area contributed by atoms with E-state index in [1.165, 1.54) is 36.5 Å². The lowest BCUT2D eigenvalue weighted by Gasteiger charge is -2.23. The van der Waals surface area contributed by atoms with Crippen molar-refractivity contribution >= 4 is 17.4 Å². The van der Waals surface area contributed by atoms with Gasteiger partial charge in [0, 0.05) is 17.5 Å². The van der Waals surface area contributed by atoms with E-state index in [4.69, 9.17) is 5.73 Å². The number of hydrogen-bond donors (Lipinski definition) is 1. The van der Waals surface area contributed by atoms with Crippen molar-refractivity contribution in [3.63, 3.8) is 0 Å². The van der Waals surface area contributed by atoms with E-state index in [1.807, 2.05) is 12.1 Å². The van der Waals surface area contributed by atoms with Crippen LogP contribution in [0.25, 0.3) is 0 Å². The molecule has 1 heterocycles. The molecule has 1 aliphatic heterocycles. The first-order valence-electron chi connectivity index (χ1n) is 6.38. The predicted octanol–water partition coefficient (Wildman–Crippen LogP) is 2.64. The van der Waals surface area contributed by atoms with Gasteiger partial charge in [0.25, 0.3) is 0 Å². The molecule has 0 saturated carbocycles. The molecule has 1 saturated heterocycles. The van der Waals surface area contributed by atoms with Crippen molar-refractivity contribution in [2.45, 2.75) is 25.3 Å². The molecule has 0 bridgehead atoms. The van der Waals surface area contributed by atoms with Crippen LogP contribution in [0.5, 0.6) is 0 Å². The van der Waals surface area contributed by atoms with Gasteiger partial charge in [-0.25, -0.2) is 0 Å². The SMILES string of the molecule is CN(CCCc1ccc(N)cc1)C1CCSC1. The van der Waals surface area contributed by atoms with Crippen molar-refractivity contribution in [2.24, 2.45) is 0 Å². The molecule has 2 N–H and O–H groups in total. The van der Waals surface area contributed by atoms with Gasteiger partial charge in [0.2, 0.25) is 0 Å². The van der Waals surface area contributed by atoms with Gasteiger partial charge < -0.3 is 10.6 Å². The summed E-state index contributed by atoms with van der Waals surface area (Å²) in [5.41, 5.74) is 7.93. The Hall–Kier alpha value is -0.670. The summed E-state index contributed by atoms with van der Waals surface area (Å²) in [4.78, 5) is 2.53. The summed E-state index contributed by atoms with van der Waals surface area (Å²) in [6.45, 7) is 1.20. The van der Waals surface area contributed by atoms with Crippen LogP contribution in [0.1, 0.15) is 18.4 Å². The molecule has 1 aromatic rings. The topological polar surface area (TPSA) is 29.3 Å². The summed E-state index contributed by atoms with van der Waals surface area (Å²) in [7, 11) is 2.26. The molecule has 0 spiro atoms. The van der Waals surface area contributed by atoms with E-state index in [0.717, 1.165) is 18.2 Å². The van der Waals surface area contributed by atoms with Crippen LogP contribution >= 0.6 is 11.8 Å². The molecule has 0 aliphatic carbocycles. The van der Waals surface area contributed by atoms with Crippen molar-refractivity contribution in [1.82, 2.24) is 4.90 Å². The highest BCUT2D eigenvalue weighted by Crippen LogP contribution is 2.21.